The van der Waals surface area contributed by atoms with Crippen LogP contribution in [0.25, 0.3) is 0 Å². The predicted molar refractivity (Wildman–Crippen MR) is 101 cm³/mol. The number of halogens is 2. The highest BCUT2D eigenvalue weighted by atomic mass is 35.5. The van der Waals surface area contributed by atoms with Crippen LogP contribution in [-0.2, 0) is 6.42 Å². The van der Waals surface area contributed by atoms with Crippen LogP contribution in [0.3, 0.4) is 0 Å². The van der Waals surface area contributed by atoms with Crippen molar-refractivity contribution in [2.75, 3.05) is 24.5 Å². The van der Waals surface area contributed by atoms with Crippen LogP contribution in [-0.4, -0.2) is 36.5 Å². The Morgan fingerprint density at radius 2 is 1.75 bits per heavy atom. The third-order valence-corrected chi connectivity index (χ3v) is 5.27. The van der Waals surface area contributed by atoms with Gasteiger partial charge in [0.1, 0.15) is 0 Å². The maximum atomic E-state index is 6.45. The summed E-state index contributed by atoms with van der Waals surface area (Å²) < 4.78 is 0. The number of benzene rings is 2. The molecule has 0 radical (unpaired) electrons. The summed E-state index contributed by atoms with van der Waals surface area (Å²) in [6.07, 6.45) is 2.09. The minimum absolute atomic E-state index is 0.388. The highest BCUT2D eigenvalue weighted by Gasteiger charge is 2.38. The number of guanidine groups is 1. The van der Waals surface area contributed by atoms with E-state index in [9.17, 15) is 0 Å². The van der Waals surface area contributed by atoms with Crippen LogP contribution >= 0.6 is 23.2 Å². The first-order chi connectivity index (χ1) is 11.7. The molecular formula is C19H19Cl2N3. The van der Waals surface area contributed by atoms with Gasteiger partial charge in [0, 0.05) is 19.6 Å². The highest BCUT2D eigenvalue weighted by molar-refractivity contribution is 6.40. The summed E-state index contributed by atoms with van der Waals surface area (Å²) in [5, 5.41) is 1.35. The van der Waals surface area contributed by atoms with E-state index in [2.05, 4.69) is 40.1 Å². The zero-order chi connectivity index (χ0) is 16.5. The van der Waals surface area contributed by atoms with Gasteiger partial charge in [-0.1, -0.05) is 59.6 Å². The van der Waals surface area contributed by atoms with Crippen molar-refractivity contribution in [1.82, 2.24) is 4.90 Å². The van der Waals surface area contributed by atoms with Crippen molar-refractivity contribution in [1.29, 1.82) is 0 Å². The molecule has 2 aliphatic heterocycles. The number of nitrogens with zero attached hydrogens (tertiary/aromatic N) is 3. The topological polar surface area (TPSA) is 18.8 Å². The molecule has 0 aliphatic carbocycles. The normalized spacial score (nSPS) is 20.1. The summed E-state index contributed by atoms with van der Waals surface area (Å²) >= 11 is 12.9. The van der Waals surface area contributed by atoms with Crippen LogP contribution in [0, 0.1) is 0 Å². The molecular weight excluding hydrogens is 341 g/mol. The number of para-hydroxylation sites is 1. The molecule has 24 heavy (non-hydrogen) atoms. The third-order valence-electron chi connectivity index (χ3n) is 4.66. The SMILES string of the molecule is Clc1cccc(Cl)c1N1CC(Cc2ccccc2)N2CCCN=C12. The van der Waals surface area contributed by atoms with Crippen molar-refractivity contribution in [3.05, 3.63) is 64.1 Å². The second-order valence-electron chi connectivity index (χ2n) is 6.25. The minimum atomic E-state index is 0.388. The van der Waals surface area contributed by atoms with Crippen LogP contribution in [0.4, 0.5) is 5.69 Å². The molecule has 1 atom stereocenters. The summed E-state index contributed by atoms with van der Waals surface area (Å²) in [5.41, 5.74) is 2.22. The van der Waals surface area contributed by atoms with Crippen molar-refractivity contribution < 1.29 is 0 Å². The first kappa shape index (κ1) is 15.8. The zero-order valence-electron chi connectivity index (χ0n) is 13.3. The average Bonchev–Trinajstić information content (AvgIpc) is 2.94. The van der Waals surface area contributed by atoms with E-state index >= 15 is 0 Å². The van der Waals surface area contributed by atoms with Gasteiger partial charge >= 0.3 is 0 Å². The van der Waals surface area contributed by atoms with Crippen molar-refractivity contribution >= 4 is 34.8 Å². The number of hydrogen-bond acceptors (Lipinski definition) is 3. The molecule has 0 bridgehead atoms. The molecule has 0 spiro atoms. The van der Waals surface area contributed by atoms with E-state index in [1.54, 1.807) is 0 Å². The average molecular weight is 360 g/mol. The van der Waals surface area contributed by atoms with Crippen LogP contribution in [0.2, 0.25) is 10.0 Å². The van der Waals surface area contributed by atoms with E-state index in [4.69, 9.17) is 28.2 Å². The van der Waals surface area contributed by atoms with Crippen molar-refractivity contribution in [2.45, 2.75) is 18.9 Å². The molecule has 2 heterocycles. The van der Waals surface area contributed by atoms with Crippen LogP contribution < -0.4 is 4.90 Å². The monoisotopic (exact) mass is 359 g/mol. The molecule has 2 aromatic rings. The summed E-state index contributed by atoms with van der Waals surface area (Å²) in [6, 6.07) is 16.7. The Hall–Kier alpha value is -1.71. The van der Waals surface area contributed by atoms with Crippen LogP contribution in [0.5, 0.6) is 0 Å². The van der Waals surface area contributed by atoms with Gasteiger partial charge in [-0.15, -0.1) is 0 Å². The summed E-state index contributed by atoms with van der Waals surface area (Å²) in [6.45, 7) is 2.76. The van der Waals surface area contributed by atoms with Crippen molar-refractivity contribution in [3.63, 3.8) is 0 Å². The maximum Gasteiger partial charge on any atom is 0.201 e. The Bertz CT molecular complexity index is 740. The lowest BCUT2D eigenvalue weighted by molar-refractivity contribution is 0.332. The molecule has 1 fully saturated rings. The van der Waals surface area contributed by atoms with Gasteiger partial charge in [0.25, 0.3) is 0 Å². The molecule has 0 saturated carbocycles. The Morgan fingerprint density at radius 3 is 2.50 bits per heavy atom. The molecule has 3 nitrogen and oxygen atoms in total. The van der Waals surface area contributed by atoms with Gasteiger partial charge in [-0.3, -0.25) is 4.99 Å². The third kappa shape index (κ3) is 2.87. The van der Waals surface area contributed by atoms with Gasteiger partial charge in [0.05, 0.1) is 21.8 Å². The molecule has 124 valence electrons. The first-order valence-corrected chi connectivity index (χ1v) is 9.06. The van der Waals surface area contributed by atoms with Gasteiger partial charge in [0.2, 0.25) is 5.96 Å². The fraction of sp³-hybridized carbons (Fsp3) is 0.316. The molecule has 1 unspecified atom stereocenters. The smallest absolute Gasteiger partial charge is 0.201 e. The number of hydrogen-bond donors (Lipinski definition) is 0. The second kappa shape index (κ2) is 6.66. The van der Waals surface area contributed by atoms with Crippen LogP contribution in [0.1, 0.15) is 12.0 Å². The Balaban J connectivity index is 1.68. The van der Waals surface area contributed by atoms with E-state index in [1.165, 1.54) is 5.56 Å². The lowest BCUT2D eigenvalue weighted by Crippen LogP contribution is -2.41. The molecule has 4 rings (SSSR count). The lowest BCUT2D eigenvalue weighted by atomic mass is 10.1. The number of anilines is 1. The summed E-state index contributed by atoms with van der Waals surface area (Å²) in [5.74, 6) is 1.01. The predicted octanol–water partition coefficient (Wildman–Crippen LogP) is 4.49. The lowest BCUT2D eigenvalue weighted by Gasteiger charge is -2.29. The number of fused-ring (bicyclic) bond motifs is 1. The van der Waals surface area contributed by atoms with Gasteiger partial charge < -0.3 is 9.80 Å². The van der Waals surface area contributed by atoms with E-state index in [0.29, 0.717) is 16.1 Å². The van der Waals surface area contributed by atoms with Crippen LogP contribution in [0.15, 0.2) is 53.5 Å². The van der Waals surface area contributed by atoms with Gasteiger partial charge in [-0.25, -0.2) is 0 Å². The molecule has 1 saturated heterocycles. The largest absolute Gasteiger partial charge is 0.337 e. The highest BCUT2D eigenvalue weighted by Crippen LogP contribution is 2.37. The Kier molecular flexibility index (Phi) is 4.38. The Labute approximate surface area is 152 Å². The quantitative estimate of drug-likeness (QED) is 0.803. The number of rotatable bonds is 3. The zero-order valence-corrected chi connectivity index (χ0v) is 14.8. The maximum absolute atomic E-state index is 6.45. The fourth-order valence-corrected chi connectivity index (χ4v) is 4.19. The standard InChI is InChI=1S/C19H19Cl2N3/c20-16-8-4-9-17(21)18(16)24-13-15(12-14-6-2-1-3-7-14)23-11-5-10-22-19(23)24/h1-4,6-9,15H,5,10-13H2. The van der Waals surface area contributed by atoms with Gasteiger partial charge in [-0.2, -0.15) is 0 Å². The Morgan fingerprint density at radius 1 is 1.00 bits per heavy atom. The number of aliphatic imine (C=N–C) groups is 1. The van der Waals surface area contributed by atoms with Gasteiger partial charge in [0.15, 0.2) is 0 Å². The molecule has 0 aromatic heterocycles. The molecule has 0 N–H and O–H groups in total. The summed E-state index contributed by atoms with van der Waals surface area (Å²) in [7, 11) is 0. The minimum Gasteiger partial charge on any atom is -0.337 e. The molecule has 0 amide bonds. The second-order valence-corrected chi connectivity index (χ2v) is 7.07. The molecule has 2 aliphatic rings. The summed E-state index contributed by atoms with van der Waals surface area (Å²) in [4.78, 5) is 9.38. The van der Waals surface area contributed by atoms with Crippen molar-refractivity contribution in [2.24, 2.45) is 4.99 Å². The molecule has 2 aromatic carbocycles. The first-order valence-electron chi connectivity index (χ1n) is 8.30. The molecule has 5 heteroatoms. The van der Waals surface area contributed by atoms with Crippen molar-refractivity contribution in [3.8, 4) is 0 Å². The van der Waals surface area contributed by atoms with E-state index in [-0.39, 0.29) is 0 Å². The van der Waals surface area contributed by atoms with E-state index in [1.807, 2.05) is 18.2 Å². The fourth-order valence-electron chi connectivity index (χ4n) is 3.59. The van der Waals surface area contributed by atoms with Gasteiger partial charge in [-0.05, 0) is 30.5 Å². The van der Waals surface area contributed by atoms with E-state index in [0.717, 1.165) is 44.1 Å². The van der Waals surface area contributed by atoms with E-state index < -0.39 is 0 Å².